The number of likely N-dealkylation sites (tertiary alicyclic amines) is 1. The van der Waals surface area contributed by atoms with Crippen molar-refractivity contribution in [2.75, 3.05) is 32.8 Å². The van der Waals surface area contributed by atoms with Gasteiger partial charge in [0.2, 0.25) is 0 Å². The lowest BCUT2D eigenvalue weighted by Crippen LogP contribution is -2.43. The van der Waals surface area contributed by atoms with E-state index in [0.29, 0.717) is 18.1 Å². The third-order valence-electron chi connectivity index (χ3n) is 5.79. The summed E-state index contributed by atoms with van der Waals surface area (Å²) in [5, 5.41) is 0.703. The number of carbonyl (C=O) groups is 1. The van der Waals surface area contributed by atoms with Gasteiger partial charge in [0.1, 0.15) is 24.4 Å². The van der Waals surface area contributed by atoms with Crippen molar-refractivity contribution >= 4 is 17.9 Å². The fourth-order valence-corrected chi connectivity index (χ4v) is 4.21. The van der Waals surface area contributed by atoms with Crippen LogP contribution in [0.1, 0.15) is 30.4 Å². The lowest BCUT2D eigenvalue weighted by atomic mass is 9.74. The average Bonchev–Trinajstić information content (AvgIpc) is 3.10. The number of fused-ring (bicyclic) bond motifs is 2. The molecular weight excluding hydrogens is 386 g/mol. The van der Waals surface area contributed by atoms with E-state index in [1.54, 1.807) is 0 Å². The fraction of sp³-hybridized carbons (Fsp3) is 0.375. The number of hydrogen-bond donors (Lipinski definition) is 0. The van der Waals surface area contributed by atoms with E-state index in [9.17, 15) is 4.79 Å². The zero-order chi connectivity index (χ0) is 20.1. The Hall–Kier alpha value is -2.48. The summed E-state index contributed by atoms with van der Waals surface area (Å²) in [6.07, 6.45) is 3.73. The van der Waals surface area contributed by atoms with Gasteiger partial charge in [-0.1, -0.05) is 29.5 Å². The maximum Gasteiger partial charge on any atom is 0.149 e. The van der Waals surface area contributed by atoms with E-state index in [4.69, 9.17) is 21.1 Å². The molecule has 1 saturated heterocycles. The molecule has 5 heteroatoms. The molecule has 2 aromatic rings. The molecule has 0 N–H and O–H groups in total. The van der Waals surface area contributed by atoms with E-state index in [2.05, 4.69) is 22.8 Å². The van der Waals surface area contributed by atoms with Gasteiger partial charge in [-0.05, 0) is 56.3 Å². The molecule has 2 aromatic carbocycles. The molecule has 0 aromatic heterocycles. The predicted molar refractivity (Wildman–Crippen MR) is 114 cm³/mol. The first-order chi connectivity index (χ1) is 14.2. The Morgan fingerprint density at radius 1 is 1.17 bits per heavy atom. The van der Waals surface area contributed by atoms with E-state index in [1.165, 1.54) is 5.56 Å². The van der Waals surface area contributed by atoms with Gasteiger partial charge < -0.3 is 19.2 Å². The Kier molecular flexibility index (Phi) is 6.08. The second kappa shape index (κ2) is 8.90. The normalized spacial score (nSPS) is 17.1. The molecule has 2 aliphatic heterocycles. The molecule has 0 amide bonds. The van der Waals surface area contributed by atoms with Crippen molar-refractivity contribution in [1.29, 1.82) is 0 Å². The largest absolute Gasteiger partial charge is 0.492 e. The van der Waals surface area contributed by atoms with Crippen molar-refractivity contribution in [2.45, 2.75) is 24.7 Å². The number of halogens is 1. The van der Waals surface area contributed by atoms with Gasteiger partial charge in [0.25, 0.3) is 0 Å². The summed E-state index contributed by atoms with van der Waals surface area (Å²) in [6.45, 7) is 3.92. The molecule has 4 rings (SSSR count). The minimum atomic E-state index is 0.0972. The number of rotatable bonds is 5. The minimum Gasteiger partial charge on any atom is -0.492 e. The van der Waals surface area contributed by atoms with Crippen LogP contribution in [0.5, 0.6) is 11.5 Å². The van der Waals surface area contributed by atoms with Crippen LogP contribution in [0.15, 0.2) is 42.5 Å². The molecule has 29 heavy (non-hydrogen) atoms. The maximum absolute atomic E-state index is 10.6. The Morgan fingerprint density at radius 2 is 1.97 bits per heavy atom. The molecule has 0 bridgehead atoms. The topological polar surface area (TPSA) is 38.8 Å². The van der Waals surface area contributed by atoms with Gasteiger partial charge in [-0.15, -0.1) is 0 Å². The number of aldehydes is 1. The highest BCUT2D eigenvalue weighted by molar-refractivity contribution is 6.30. The molecule has 2 heterocycles. The van der Waals surface area contributed by atoms with Crippen molar-refractivity contribution in [1.82, 2.24) is 4.90 Å². The van der Waals surface area contributed by atoms with Crippen LogP contribution in [0.2, 0.25) is 5.02 Å². The monoisotopic (exact) mass is 409 g/mol. The molecule has 0 aliphatic carbocycles. The molecule has 4 nitrogen and oxygen atoms in total. The molecule has 150 valence electrons. The fourth-order valence-electron chi connectivity index (χ4n) is 4.09. The van der Waals surface area contributed by atoms with Crippen LogP contribution in [0.4, 0.5) is 0 Å². The van der Waals surface area contributed by atoms with E-state index in [0.717, 1.165) is 62.4 Å². The summed E-state index contributed by atoms with van der Waals surface area (Å²) in [5.74, 6) is 7.80. The second-order valence-electron chi connectivity index (χ2n) is 7.62. The number of carbonyl (C=O) groups excluding carboxylic acids is 1. The Balaban J connectivity index is 1.35. The lowest BCUT2D eigenvalue weighted by Gasteiger charge is -2.38. The van der Waals surface area contributed by atoms with Crippen LogP contribution < -0.4 is 9.47 Å². The van der Waals surface area contributed by atoms with Gasteiger partial charge in [-0.25, -0.2) is 0 Å². The molecule has 0 atom stereocenters. The Morgan fingerprint density at radius 3 is 2.72 bits per heavy atom. The van der Waals surface area contributed by atoms with Crippen LogP contribution in [-0.2, 0) is 10.2 Å². The molecule has 1 spiro atoms. The molecule has 2 aliphatic rings. The summed E-state index contributed by atoms with van der Waals surface area (Å²) in [7, 11) is 0. The number of benzene rings is 2. The average molecular weight is 410 g/mol. The zero-order valence-electron chi connectivity index (χ0n) is 16.3. The van der Waals surface area contributed by atoms with Gasteiger partial charge in [0, 0.05) is 40.6 Å². The van der Waals surface area contributed by atoms with E-state index in [-0.39, 0.29) is 5.41 Å². The first-order valence-corrected chi connectivity index (χ1v) is 10.4. The third-order valence-corrected chi connectivity index (χ3v) is 6.04. The van der Waals surface area contributed by atoms with Crippen LogP contribution in [-0.4, -0.2) is 44.0 Å². The Labute approximate surface area is 176 Å². The Bertz CT molecular complexity index is 921. The molecule has 1 fully saturated rings. The van der Waals surface area contributed by atoms with Crippen molar-refractivity contribution < 1.29 is 14.3 Å². The summed E-state index contributed by atoms with van der Waals surface area (Å²) in [5.41, 5.74) is 2.30. The van der Waals surface area contributed by atoms with Crippen molar-refractivity contribution in [3.05, 3.63) is 58.6 Å². The standard InChI is InChI=1S/C24H24ClNO3/c25-20-6-4-19(5-7-20)3-1-16-28-21-8-9-22-23(17-21)29-18-24(22)10-13-26(14-11-24)12-2-15-27/h4-9,15,17H,2,10-14,16,18H2. The summed E-state index contributed by atoms with van der Waals surface area (Å²) >= 11 is 5.88. The number of ether oxygens (including phenoxy) is 2. The quantitative estimate of drug-likeness (QED) is 0.551. The van der Waals surface area contributed by atoms with Crippen molar-refractivity contribution in [3.8, 4) is 23.3 Å². The summed E-state index contributed by atoms with van der Waals surface area (Å²) in [6, 6.07) is 13.6. The van der Waals surface area contributed by atoms with Crippen molar-refractivity contribution in [3.63, 3.8) is 0 Å². The third kappa shape index (κ3) is 4.58. The molecule has 0 saturated carbocycles. The van der Waals surface area contributed by atoms with E-state index in [1.807, 2.05) is 36.4 Å². The van der Waals surface area contributed by atoms with Crippen LogP contribution >= 0.6 is 11.6 Å². The second-order valence-corrected chi connectivity index (χ2v) is 8.06. The van der Waals surface area contributed by atoms with Gasteiger partial charge >= 0.3 is 0 Å². The predicted octanol–water partition coefficient (Wildman–Crippen LogP) is 4.09. The smallest absolute Gasteiger partial charge is 0.149 e. The lowest BCUT2D eigenvalue weighted by molar-refractivity contribution is -0.108. The SMILES string of the molecule is O=CCCN1CCC2(CC1)COc1cc(OCC#Cc3ccc(Cl)cc3)ccc12. The highest BCUT2D eigenvalue weighted by atomic mass is 35.5. The van der Waals surface area contributed by atoms with Gasteiger partial charge in [0.15, 0.2) is 0 Å². The van der Waals surface area contributed by atoms with Crippen LogP contribution in [0.25, 0.3) is 0 Å². The molecule has 0 radical (unpaired) electrons. The first-order valence-electron chi connectivity index (χ1n) is 9.99. The highest BCUT2D eigenvalue weighted by Gasteiger charge is 2.43. The maximum atomic E-state index is 10.6. The summed E-state index contributed by atoms with van der Waals surface area (Å²) < 4.78 is 11.8. The van der Waals surface area contributed by atoms with Gasteiger partial charge in [-0.2, -0.15) is 0 Å². The molecular formula is C24H24ClNO3. The van der Waals surface area contributed by atoms with Crippen LogP contribution in [0.3, 0.4) is 0 Å². The first kappa shape index (κ1) is 19.8. The zero-order valence-corrected chi connectivity index (χ0v) is 17.1. The highest BCUT2D eigenvalue weighted by Crippen LogP contribution is 2.46. The van der Waals surface area contributed by atoms with Gasteiger partial charge in [0.05, 0.1) is 6.61 Å². The number of piperidine rings is 1. The minimum absolute atomic E-state index is 0.0972. The van der Waals surface area contributed by atoms with Gasteiger partial charge in [-0.3, -0.25) is 0 Å². The van der Waals surface area contributed by atoms with Crippen molar-refractivity contribution in [2.24, 2.45) is 0 Å². The summed E-state index contributed by atoms with van der Waals surface area (Å²) in [4.78, 5) is 13.0. The van der Waals surface area contributed by atoms with E-state index < -0.39 is 0 Å². The van der Waals surface area contributed by atoms with Crippen LogP contribution in [0, 0.1) is 11.8 Å². The molecule has 0 unspecified atom stereocenters. The number of hydrogen-bond acceptors (Lipinski definition) is 4. The van der Waals surface area contributed by atoms with E-state index >= 15 is 0 Å². The number of nitrogens with zero attached hydrogens (tertiary/aromatic N) is 1.